The van der Waals surface area contributed by atoms with Crippen LogP contribution in [0, 0.1) is 19.8 Å². The van der Waals surface area contributed by atoms with E-state index in [1.165, 1.54) is 0 Å². The topological polar surface area (TPSA) is 65.7 Å². The molecule has 2 unspecified atom stereocenters. The van der Waals surface area contributed by atoms with E-state index in [1.54, 1.807) is 16.2 Å². The average molecular weight is 334 g/mol. The molecule has 124 valence electrons. The van der Waals surface area contributed by atoms with Gasteiger partial charge in [-0.3, -0.25) is 4.79 Å². The monoisotopic (exact) mass is 334 g/mol. The first kappa shape index (κ1) is 16.2. The molecule has 1 saturated heterocycles. The van der Waals surface area contributed by atoms with Crippen LogP contribution >= 0.6 is 11.3 Å². The largest absolute Gasteiger partial charge is 0.396 e. The highest BCUT2D eigenvalue weighted by Gasteiger charge is 2.31. The minimum Gasteiger partial charge on any atom is -0.396 e. The maximum atomic E-state index is 12.9. The number of rotatable bonds is 3. The summed E-state index contributed by atoms with van der Waals surface area (Å²) in [7, 11) is 0. The molecule has 2 N–H and O–H groups in total. The predicted octanol–water partition coefficient (Wildman–Crippen LogP) is 1.97. The third kappa shape index (κ3) is 2.94. The van der Waals surface area contributed by atoms with Gasteiger partial charge in [0, 0.05) is 30.4 Å². The highest BCUT2D eigenvalue weighted by atomic mass is 32.1. The van der Waals surface area contributed by atoms with Crippen molar-refractivity contribution in [3.05, 3.63) is 40.5 Å². The quantitative estimate of drug-likeness (QED) is 0.902. The summed E-state index contributed by atoms with van der Waals surface area (Å²) in [5.41, 5.74) is 2.88. The van der Waals surface area contributed by atoms with E-state index in [4.69, 9.17) is 0 Å². The van der Waals surface area contributed by atoms with Crippen LogP contribution in [0.3, 0.4) is 0 Å². The second kappa shape index (κ2) is 6.47. The fraction of sp³-hybridized carbons (Fsp3) is 0.471. The molecule has 2 aromatic rings. The molecule has 2 atom stereocenters. The van der Waals surface area contributed by atoms with E-state index in [9.17, 15) is 15.0 Å². The number of aryl methyl sites for hydroxylation is 2. The minimum atomic E-state index is -0.528. The summed E-state index contributed by atoms with van der Waals surface area (Å²) in [6.07, 6.45) is -0.0159. The van der Waals surface area contributed by atoms with E-state index in [1.807, 2.05) is 37.4 Å². The second-order valence-corrected chi connectivity index (χ2v) is 7.04. The lowest BCUT2D eigenvalue weighted by Crippen LogP contribution is -2.47. The Morgan fingerprint density at radius 3 is 2.65 bits per heavy atom. The van der Waals surface area contributed by atoms with Gasteiger partial charge < -0.3 is 19.7 Å². The number of carbonyl (C=O) groups is 1. The van der Waals surface area contributed by atoms with Crippen molar-refractivity contribution in [2.45, 2.75) is 26.4 Å². The minimum absolute atomic E-state index is 0.0286. The first-order chi connectivity index (χ1) is 11.0. The van der Waals surface area contributed by atoms with E-state index >= 15 is 0 Å². The highest BCUT2D eigenvalue weighted by molar-refractivity contribution is 7.13. The summed E-state index contributed by atoms with van der Waals surface area (Å²) in [6, 6.07) is 5.95. The summed E-state index contributed by atoms with van der Waals surface area (Å²) in [5, 5.41) is 22.1. The van der Waals surface area contributed by atoms with Gasteiger partial charge in [0.25, 0.3) is 5.91 Å². The third-order valence-electron chi connectivity index (χ3n) is 4.56. The molecule has 5 nitrogen and oxygen atoms in total. The van der Waals surface area contributed by atoms with Crippen molar-refractivity contribution < 1.29 is 15.0 Å². The van der Waals surface area contributed by atoms with Crippen molar-refractivity contribution in [1.29, 1.82) is 0 Å². The van der Waals surface area contributed by atoms with Crippen LogP contribution in [0.4, 0.5) is 0 Å². The summed E-state index contributed by atoms with van der Waals surface area (Å²) < 4.78 is 2.10. The molecule has 1 aliphatic rings. The molecule has 3 heterocycles. The summed E-state index contributed by atoms with van der Waals surface area (Å²) in [4.78, 5) is 14.7. The predicted molar refractivity (Wildman–Crippen MR) is 90.2 cm³/mol. The zero-order valence-corrected chi connectivity index (χ0v) is 14.2. The number of piperidine rings is 1. The zero-order valence-electron chi connectivity index (χ0n) is 13.4. The van der Waals surface area contributed by atoms with Crippen molar-refractivity contribution in [2.24, 2.45) is 5.92 Å². The molecule has 0 aromatic carbocycles. The first-order valence-corrected chi connectivity index (χ1v) is 8.72. The molecule has 0 saturated carbocycles. The van der Waals surface area contributed by atoms with Crippen LogP contribution in [0.2, 0.25) is 0 Å². The standard InChI is InChI=1S/C17H22N2O3S/c1-11-3-4-12(2)19(11)17-14(6-8-23-17)16(22)18-7-5-15(21)13(9-18)10-20/h3-4,6,8,13,15,20-21H,5,7,9-10H2,1-2H3. The molecule has 1 amide bonds. The van der Waals surface area contributed by atoms with Crippen molar-refractivity contribution in [3.63, 3.8) is 0 Å². The van der Waals surface area contributed by atoms with E-state index < -0.39 is 6.10 Å². The molecule has 6 heteroatoms. The number of aliphatic hydroxyl groups excluding tert-OH is 2. The lowest BCUT2D eigenvalue weighted by atomic mass is 9.95. The Bertz CT molecular complexity index is 687. The van der Waals surface area contributed by atoms with Crippen molar-refractivity contribution in [1.82, 2.24) is 9.47 Å². The highest BCUT2D eigenvalue weighted by Crippen LogP contribution is 2.28. The molecule has 3 rings (SSSR count). The maximum absolute atomic E-state index is 12.9. The van der Waals surface area contributed by atoms with Crippen LogP contribution in [-0.2, 0) is 0 Å². The summed E-state index contributed by atoms with van der Waals surface area (Å²) in [6.45, 7) is 4.88. The molecule has 1 aliphatic heterocycles. The van der Waals surface area contributed by atoms with Crippen LogP contribution < -0.4 is 0 Å². The zero-order chi connectivity index (χ0) is 16.6. The lowest BCUT2D eigenvalue weighted by Gasteiger charge is -2.35. The van der Waals surface area contributed by atoms with Crippen LogP contribution in [0.1, 0.15) is 28.2 Å². The van der Waals surface area contributed by atoms with E-state index in [2.05, 4.69) is 4.57 Å². The molecule has 0 radical (unpaired) electrons. The Labute approximate surface area is 139 Å². The van der Waals surface area contributed by atoms with Gasteiger partial charge in [-0.1, -0.05) is 0 Å². The number of aromatic nitrogens is 1. The number of likely N-dealkylation sites (tertiary alicyclic amines) is 1. The molecule has 1 fully saturated rings. The van der Waals surface area contributed by atoms with Crippen LogP contribution in [0.15, 0.2) is 23.6 Å². The van der Waals surface area contributed by atoms with Crippen molar-refractivity contribution >= 4 is 17.2 Å². The molecule has 23 heavy (non-hydrogen) atoms. The van der Waals surface area contributed by atoms with Gasteiger partial charge in [0.2, 0.25) is 0 Å². The molecular formula is C17H22N2O3S. The number of thiophene rings is 1. The Morgan fingerprint density at radius 2 is 2.00 bits per heavy atom. The van der Waals surface area contributed by atoms with Gasteiger partial charge in [-0.15, -0.1) is 11.3 Å². The number of hydrogen-bond acceptors (Lipinski definition) is 4. The van der Waals surface area contributed by atoms with Crippen molar-refractivity contribution in [2.75, 3.05) is 19.7 Å². The SMILES string of the molecule is Cc1ccc(C)n1-c1sccc1C(=O)N1CCC(O)C(CO)C1. The summed E-state index contributed by atoms with van der Waals surface area (Å²) in [5.74, 6) is -0.288. The lowest BCUT2D eigenvalue weighted by molar-refractivity contribution is 0.00347. The molecular weight excluding hydrogens is 312 g/mol. The second-order valence-electron chi connectivity index (χ2n) is 6.14. The van der Waals surface area contributed by atoms with Crippen LogP contribution in [0.5, 0.6) is 0 Å². The van der Waals surface area contributed by atoms with E-state index in [0.717, 1.165) is 16.4 Å². The normalized spacial score (nSPS) is 21.7. The average Bonchev–Trinajstić information content (AvgIpc) is 3.13. The smallest absolute Gasteiger partial charge is 0.256 e. The molecule has 0 bridgehead atoms. The summed E-state index contributed by atoms with van der Waals surface area (Å²) >= 11 is 1.55. The third-order valence-corrected chi connectivity index (χ3v) is 5.46. The Balaban J connectivity index is 1.89. The Hall–Kier alpha value is -1.63. The van der Waals surface area contributed by atoms with Crippen molar-refractivity contribution in [3.8, 4) is 5.00 Å². The Morgan fingerprint density at radius 1 is 1.30 bits per heavy atom. The number of hydrogen-bond donors (Lipinski definition) is 2. The Kier molecular flexibility index (Phi) is 4.57. The fourth-order valence-corrected chi connectivity index (χ4v) is 4.19. The van der Waals surface area contributed by atoms with Gasteiger partial charge >= 0.3 is 0 Å². The number of amides is 1. The number of aliphatic hydroxyl groups is 2. The van der Waals surface area contributed by atoms with E-state index in [0.29, 0.717) is 25.1 Å². The first-order valence-electron chi connectivity index (χ1n) is 7.84. The van der Waals surface area contributed by atoms with Gasteiger partial charge in [-0.25, -0.2) is 0 Å². The van der Waals surface area contributed by atoms with Gasteiger partial charge in [0.05, 0.1) is 18.3 Å². The van der Waals surface area contributed by atoms with Gasteiger partial charge in [-0.2, -0.15) is 0 Å². The molecule has 0 spiro atoms. The van der Waals surface area contributed by atoms with Gasteiger partial charge in [0.15, 0.2) is 0 Å². The fourth-order valence-electron chi connectivity index (χ4n) is 3.18. The molecule has 0 aliphatic carbocycles. The maximum Gasteiger partial charge on any atom is 0.256 e. The van der Waals surface area contributed by atoms with Gasteiger partial charge in [0.1, 0.15) is 5.00 Å². The number of carbonyl (C=O) groups excluding carboxylic acids is 1. The van der Waals surface area contributed by atoms with Gasteiger partial charge in [-0.05, 0) is 43.8 Å². The molecule has 2 aromatic heterocycles. The number of nitrogens with zero attached hydrogens (tertiary/aromatic N) is 2. The van der Waals surface area contributed by atoms with Crippen LogP contribution in [0.25, 0.3) is 5.00 Å². The van der Waals surface area contributed by atoms with Crippen LogP contribution in [-0.4, -0.2) is 51.4 Å². The van der Waals surface area contributed by atoms with E-state index in [-0.39, 0.29) is 18.4 Å².